The molecule has 0 radical (unpaired) electrons. The number of aromatic nitrogens is 1. The predicted octanol–water partition coefficient (Wildman–Crippen LogP) is 1.49. The highest BCUT2D eigenvalue weighted by atomic mass is 32.1. The third kappa shape index (κ3) is 4.02. The lowest BCUT2D eigenvalue weighted by molar-refractivity contribution is -0.137. The third-order valence-electron chi connectivity index (χ3n) is 7.70. The van der Waals surface area contributed by atoms with Crippen molar-refractivity contribution < 1.29 is 24.3 Å². The van der Waals surface area contributed by atoms with Crippen molar-refractivity contribution in [1.82, 2.24) is 20.5 Å². The zero-order valence-corrected chi connectivity index (χ0v) is 20.0. The summed E-state index contributed by atoms with van der Waals surface area (Å²) in [5.41, 5.74) is 2.50. The van der Waals surface area contributed by atoms with Crippen LogP contribution in [0.25, 0.3) is 10.2 Å². The second-order valence-electron chi connectivity index (χ2n) is 9.76. The maximum Gasteiger partial charge on any atom is 0.271 e. The molecule has 3 atom stereocenters. The Hall–Kier alpha value is -2.72. The molecule has 0 unspecified atom stereocenters. The first-order valence-electron chi connectivity index (χ1n) is 12.0. The Bertz CT molecular complexity index is 1130. The van der Waals surface area contributed by atoms with Gasteiger partial charge < -0.3 is 25.6 Å². The summed E-state index contributed by atoms with van der Waals surface area (Å²) >= 11 is 1.58. The number of nitrogens with one attached hydrogen (secondary N) is 3. The minimum Gasteiger partial charge on any atom is -0.389 e. The number of hydrogen-bond acceptors (Lipinski definition) is 6. The van der Waals surface area contributed by atoms with Crippen molar-refractivity contribution in [3.63, 3.8) is 0 Å². The number of aliphatic hydroxyl groups excluding tert-OH is 1. The van der Waals surface area contributed by atoms with E-state index in [1.165, 1.54) is 0 Å². The van der Waals surface area contributed by atoms with Crippen molar-refractivity contribution in [2.75, 3.05) is 13.2 Å². The zero-order chi connectivity index (χ0) is 24.0. The molecule has 182 valence electrons. The van der Waals surface area contributed by atoms with Crippen molar-refractivity contribution in [3.8, 4) is 0 Å². The van der Waals surface area contributed by atoms with Crippen molar-refractivity contribution in [3.05, 3.63) is 22.7 Å². The first-order valence-corrected chi connectivity index (χ1v) is 12.9. The Labute approximate surface area is 201 Å². The van der Waals surface area contributed by atoms with E-state index in [2.05, 4.69) is 15.6 Å². The fraction of sp³-hybridized carbons (Fsp3) is 0.583. The van der Waals surface area contributed by atoms with Crippen LogP contribution in [0.4, 0.5) is 0 Å². The maximum absolute atomic E-state index is 13.6. The van der Waals surface area contributed by atoms with E-state index in [1.54, 1.807) is 16.2 Å². The molecule has 5 heterocycles. The van der Waals surface area contributed by atoms with Crippen LogP contribution in [0.15, 0.2) is 11.4 Å². The largest absolute Gasteiger partial charge is 0.389 e. The molecule has 10 heteroatoms. The molecule has 4 aliphatic rings. The molecule has 3 aliphatic heterocycles. The number of aryl methyl sites for hydroxylation is 1. The number of piperidine rings is 2. The summed E-state index contributed by atoms with van der Waals surface area (Å²) in [5, 5.41) is 17.1. The number of carbonyl (C=O) groups excluding carboxylic acids is 4. The summed E-state index contributed by atoms with van der Waals surface area (Å²) in [4.78, 5) is 56.6. The van der Waals surface area contributed by atoms with Gasteiger partial charge in [-0.3, -0.25) is 19.2 Å². The second-order valence-corrected chi connectivity index (χ2v) is 10.7. The van der Waals surface area contributed by atoms with Crippen LogP contribution >= 0.6 is 11.3 Å². The monoisotopic (exact) mass is 486 g/mol. The van der Waals surface area contributed by atoms with Crippen LogP contribution in [0, 0.1) is 18.8 Å². The van der Waals surface area contributed by atoms with E-state index < -0.39 is 24.5 Å². The molecule has 9 nitrogen and oxygen atoms in total. The Balaban J connectivity index is 1.38. The first kappa shape index (κ1) is 23.0. The van der Waals surface area contributed by atoms with Gasteiger partial charge in [0.1, 0.15) is 18.3 Å². The number of fused-ring (bicyclic) bond motifs is 4. The minimum absolute atomic E-state index is 0.0198. The number of amides is 3. The van der Waals surface area contributed by atoms with Crippen LogP contribution in [0.3, 0.4) is 0 Å². The van der Waals surface area contributed by atoms with Crippen molar-refractivity contribution >= 4 is 45.1 Å². The molecular weight excluding hydrogens is 456 g/mol. The molecule has 0 spiro atoms. The minimum atomic E-state index is -0.956. The predicted molar refractivity (Wildman–Crippen MR) is 126 cm³/mol. The molecule has 2 bridgehead atoms. The number of nitrogens with zero attached hydrogens (tertiary/aromatic N) is 1. The Morgan fingerprint density at radius 2 is 2.00 bits per heavy atom. The van der Waals surface area contributed by atoms with Crippen LogP contribution in [0.5, 0.6) is 0 Å². The molecule has 1 saturated carbocycles. The number of H-pyrrole nitrogens is 1. The van der Waals surface area contributed by atoms with Crippen LogP contribution < -0.4 is 10.6 Å². The van der Waals surface area contributed by atoms with Gasteiger partial charge in [0.15, 0.2) is 5.78 Å². The maximum atomic E-state index is 13.6. The van der Waals surface area contributed by atoms with Crippen LogP contribution in [0.2, 0.25) is 0 Å². The van der Waals surface area contributed by atoms with E-state index in [1.807, 2.05) is 18.4 Å². The quantitative estimate of drug-likeness (QED) is 0.471. The van der Waals surface area contributed by atoms with Crippen molar-refractivity contribution in [2.24, 2.45) is 11.8 Å². The Morgan fingerprint density at radius 1 is 1.24 bits per heavy atom. The third-order valence-corrected chi connectivity index (χ3v) is 8.74. The molecule has 2 aromatic rings. The highest BCUT2D eigenvalue weighted by Gasteiger charge is 2.48. The molecule has 34 heavy (non-hydrogen) atoms. The molecule has 1 aliphatic carbocycles. The van der Waals surface area contributed by atoms with Gasteiger partial charge in [0.25, 0.3) is 5.91 Å². The van der Waals surface area contributed by atoms with Gasteiger partial charge in [0, 0.05) is 18.5 Å². The molecule has 4 N–H and O–H groups in total. The Morgan fingerprint density at radius 3 is 2.65 bits per heavy atom. The normalized spacial score (nSPS) is 27.1. The van der Waals surface area contributed by atoms with E-state index in [0.29, 0.717) is 18.7 Å². The lowest BCUT2D eigenvalue weighted by atomic mass is 9.74. The second kappa shape index (κ2) is 9.14. The number of ketones is 1. The summed E-state index contributed by atoms with van der Waals surface area (Å²) in [6.45, 7) is 1.82. The number of aromatic amines is 1. The highest BCUT2D eigenvalue weighted by molar-refractivity contribution is 7.17. The standard InChI is InChI=1S/C24H30N4O5S/c1-12-11-34-19-9-17(26-20(12)19)24(33)28-15-4-2-13(3-5-15)21(28)23(32)27-16(18(30)10-29)8-14-6-7-25-22(14)31/h9,11,13-16,21,26,29H,2-8,10H2,1H3,(H,25,31)(H,27,32)/t13?,14-,15?,16-,21-/m1/s1. The fourth-order valence-electron chi connectivity index (χ4n) is 5.86. The van der Waals surface area contributed by atoms with Gasteiger partial charge in [-0.1, -0.05) is 0 Å². The number of carbonyl (C=O) groups is 4. The summed E-state index contributed by atoms with van der Waals surface area (Å²) in [7, 11) is 0. The molecule has 0 aromatic carbocycles. The molecule has 3 amide bonds. The number of thiophene rings is 1. The molecular formula is C24H30N4O5S. The topological polar surface area (TPSA) is 132 Å². The summed E-state index contributed by atoms with van der Waals surface area (Å²) < 4.78 is 1.01. The van der Waals surface area contributed by atoms with Gasteiger partial charge in [-0.15, -0.1) is 11.3 Å². The number of rotatable bonds is 7. The molecule has 2 aromatic heterocycles. The van der Waals surface area contributed by atoms with Crippen molar-refractivity contribution in [2.45, 2.75) is 63.6 Å². The van der Waals surface area contributed by atoms with Gasteiger partial charge in [0.2, 0.25) is 11.8 Å². The van der Waals surface area contributed by atoms with Crippen LogP contribution in [-0.2, 0) is 14.4 Å². The van der Waals surface area contributed by atoms with Gasteiger partial charge in [-0.2, -0.15) is 0 Å². The van der Waals surface area contributed by atoms with Gasteiger partial charge in [0.05, 0.1) is 16.3 Å². The van der Waals surface area contributed by atoms with E-state index in [-0.39, 0.29) is 42.0 Å². The molecule has 4 fully saturated rings. The SMILES string of the molecule is Cc1csc2cc(C(=O)N3C4CCC(CC4)[C@@H]3C(=O)N[C@H](C[C@H]3CCNC3=O)C(=O)CO)[nH]c12. The highest BCUT2D eigenvalue weighted by Crippen LogP contribution is 2.41. The summed E-state index contributed by atoms with van der Waals surface area (Å²) in [5.74, 6) is -1.59. The van der Waals surface area contributed by atoms with Crippen LogP contribution in [0.1, 0.15) is 54.6 Å². The van der Waals surface area contributed by atoms with E-state index in [9.17, 15) is 24.3 Å². The molecule has 6 rings (SSSR count). The smallest absolute Gasteiger partial charge is 0.271 e. The average molecular weight is 487 g/mol. The lowest BCUT2D eigenvalue weighted by Gasteiger charge is -2.50. The van der Waals surface area contributed by atoms with Gasteiger partial charge in [-0.25, -0.2) is 0 Å². The average Bonchev–Trinajstić information content (AvgIpc) is 3.55. The Kier molecular flexibility index (Phi) is 6.20. The van der Waals surface area contributed by atoms with E-state index in [0.717, 1.165) is 41.5 Å². The zero-order valence-electron chi connectivity index (χ0n) is 19.1. The van der Waals surface area contributed by atoms with Gasteiger partial charge in [-0.05, 0) is 68.4 Å². The summed E-state index contributed by atoms with van der Waals surface area (Å²) in [6, 6.07) is 0.197. The van der Waals surface area contributed by atoms with Gasteiger partial charge >= 0.3 is 0 Å². The fourth-order valence-corrected chi connectivity index (χ4v) is 6.80. The lowest BCUT2D eigenvalue weighted by Crippen LogP contribution is -2.64. The van der Waals surface area contributed by atoms with E-state index >= 15 is 0 Å². The molecule has 3 saturated heterocycles. The summed E-state index contributed by atoms with van der Waals surface area (Å²) in [6.07, 6.45) is 4.17. The van der Waals surface area contributed by atoms with Crippen molar-refractivity contribution in [1.29, 1.82) is 0 Å². The number of aliphatic hydroxyl groups is 1. The number of hydrogen-bond donors (Lipinski definition) is 4. The van der Waals surface area contributed by atoms with E-state index in [4.69, 9.17) is 0 Å². The first-order chi connectivity index (χ1) is 16.4. The number of Topliss-reactive ketones (excluding diaryl/α,β-unsaturated/α-hetero) is 1. The van der Waals surface area contributed by atoms with Crippen LogP contribution in [-0.4, -0.2) is 69.8 Å².